The predicted molar refractivity (Wildman–Crippen MR) is 106 cm³/mol. The van der Waals surface area contributed by atoms with Crippen molar-refractivity contribution in [3.63, 3.8) is 0 Å². The molecule has 1 aromatic carbocycles. The molecule has 158 valence electrons. The number of rotatable bonds is 8. The lowest BCUT2D eigenvalue weighted by atomic mass is 9.95. The molecule has 4 amide bonds. The molecule has 1 unspecified atom stereocenters. The van der Waals surface area contributed by atoms with Crippen LogP contribution in [0.25, 0.3) is 0 Å². The van der Waals surface area contributed by atoms with Crippen molar-refractivity contribution >= 4 is 35.3 Å². The normalized spacial score (nSPS) is 16.6. The minimum absolute atomic E-state index is 0.0859. The van der Waals surface area contributed by atoms with Crippen LogP contribution in [0.2, 0.25) is 0 Å². The molecule has 0 aliphatic carbocycles. The van der Waals surface area contributed by atoms with E-state index in [9.17, 15) is 18.8 Å². The zero-order valence-electron chi connectivity index (χ0n) is 16.4. The van der Waals surface area contributed by atoms with Gasteiger partial charge in [0.1, 0.15) is 5.82 Å². The SMILES string of the molecule is CC1=NC(=O)N(C)C(=O)C1CCc1nnc(SCC(=O)NCc2ccc(F)cc2)o1. The van der Waals surface area contributed by atoms with Gasteiger partial charge in [0.15, 0.2) is 0 Å². The van der Waals surface area contributed by atoms with Gasteiger partial charge in [0.05, 0.1) is 11.7 Å². The smallest absolute Gasteiger partial charge is 0.349 e. The number of halogens is 1. The third kappa shape index (κ3) is 5.50. The van der Waals surface area contributed by atoms with Gasteiger partial charge < -0.3 is 9.73 Å². The fourth-order valence-corrected chi connectivity index (χ4v) is 3.40. The lowest BCUT2D eigenvalue weighted by Crippen LogP contribution is -2.43. The van der Waals surface area contributed by atoms with Crippen LogP contribution in [0.3, 0.4) is 0 Å². The van der Waals surface area contributed by atoms with E-state index in [1.165, 1.54) is 19.2 Å². The van der Waals surface area contributed by atoms with E-state index in [0.717, 1.165) is 22.2 Å². The van der Waals surface area contributed by atoms with Crippen molar-refractivity contribution in [1.82, 2.24) is 20.4 Å². The van der Waals surface area contributed by atoms with Gasteiger partial charge in [-0.3, -0.25) is 14.5 Å². The molecule has 1 N–H and O–H groups in total. The molecule has 0 saturated carbocycles. The largest absolute Gasteiger partial charge is 0.416 e. The van der Waals surface area contributed by atoms with Crippen LogP contribution in [0.4, 0.5) is 9.18 Å². The Morgan fingerprint density at radius 2 is 2.00 bits per heavy atom. The number of imide groups is 1. The molecule has 1 atom stereocenters. The molecule has 9 nitrogen and oxygen atoms in total. The summed E-state index contributed by atoms with van der Waals surface area (Å²) in [5, 5.41) is 10.8. The number of amides is 4. The summed E-state index contributed by atoms with van der Waals surface area (Å²) in [6.07, 6.45) is 0.728. The van der Waals surface area contributed by atoms with Crippen LogP contribution in [0.5, 0.6) is 0 Å². The topological polar surface area (TPSA) is 118 Å². The highest BCUT2D eigenvalue weighted by atomic mass is 32.2. The van der Waals surface area contributed by atoms with Crippen LogP contribution in [0.15, 0.2) is 38.9 Å². The van der Waals surface area contributed by atoms with Gasteiger partial charge in [0, 0.05) is 25.7 Å². The van der Waals surface area contributed by atoms with E-state index >= 15 is 0 Å². The summed E-state index contributed by atoms with van der Waals surface area (Å²) in [5.74, 6) is -0.945. The van der Waals surface area contributed by atoms with Gasteiger partial charge in [-0.2, -0.15) is 0 Å². The monoisotopic (exact) mass is 433 g/mol. The van der Waals surface area contributed by atoms with Crippen LogP contribution in [-0.2, 0) is 22.6 Å². The summed E-state index contributed by atoms with van der Waals surface area (Å²) in [6, 6.07) is 5.30. The highest BCUT2D eigenvalue weighted by Gasteiger charge is 2.33. The van der Waals surface area contributed by atoms with Crippen molar-refractivity contribution in [2.75, 3.05) is 12.8 Å². The molecule has 0 radical (unpaired) electrons. The Kier molecular flexibility index (Phi) is 6.93. The fourth-order valence-electron chi connectivity index (χ4n) is 2.79. The van der Waals surface area contributed by atoms with Crippen LogP contribution < -0.4 is 5.32 Å². The maximum absolute atomic E-state index is 12.9. The molecular weight excluding hydrogens is 413 g/mol. The van der Waals surface area contributed by atoms with Crippen molar-refractivity contribution < 1.29 is 23.2 Å². The number of carbonyl (C=O) groups is 3. The maximum atomic E-state index is 12.9. The zero-order chi connectivity index (χ0) is 21.7. The van der Waals surface area contributed by atoms with Gasteiger partial charge in [-0.25, -0.2) is 14.2 Å². The number of aryl methyl sites for hydroxylation is 1. The van der Waals surface area contributed by atoms with E-state index in [0.29, 0.717) is 31.0 Å². The van der Waals surface area contributed by atoms with E-state index in [1.807, 2.05) is 0 Å². The molecule has 1 aliphatic rings. The average molecular weight is 433 g/mol. The Balaban J connectivity index is 1.44. The molecule has 0 saturated heterocycles. The quantitative estimate of drug-likeness (QED) is 0.634. The summed E-state index contributed by atoms with van der Waals surface area (Å²) in [7, 11) is 1.40. The Labute approximate surface area is 176 Å². The molecule has 11 heteroatoms. The van der Waals surface area contributed by atoms with Gasteiger partial charge in [-0.05, 0) is 31.0 Å². The minimum Gasteiger partial charge on any atom is -0.416 e. The van der Waals surface area contributed by atoms with E-state index in [2.05, 4.69) is 20.5 Å². The molecular formula is C19H20FN5O4S. The van der Waals surface area contributed by atoms with Crippen molar-refractivity contribution in [2.24, 2.45) is 10.9 Å². The number of nitrogens with zero attached hydrogens (tertiary/aromatic N) is 4. The lowest BCUT2D eigenvalue weighted by Gasteiger charge is -2.25. The number of thioether (sulfide) groups is 1. The Hall–Kier alpha value is -3.08. The number of hydrogen-bond donors (Lipinski definition) is 1. The maximum Gasteiger partial charge on any atom is 0.349 e. The van der Waals surface area contributed by atoms with E-state index < -0.39 is 11.9 Å². The molecule has 3 rings (SSSR count). The van der Waals surface area contributed by atoms with Crippen LogP contribution in [0, 0.1) is 11.7 Å². The minimum atomic E-state index is -0.567. The van der Waals surface area contributed by atoms with Crippen molar-refractivity contribution in [1.29, 1.82) is 0 Å². The molecule has 1 aliphatic heterocycles. The molecule has 0 bridgehead atoms. The summed E-state index contributed by atoms with van der Waals surface area (Å²) < 4.78 is 18.4. The molecule has 2 aromatic rings. The molecule has 1 aromatic heterocycles. The second-order valence-corrected chi connectivity index (χ2v) is 7.60. The summed E-state index contributed by atoms with van der Waals surface area (Å²) in [4.78, 5) is 40.6. The second-order valence-electron chi connectivity index (χ2n) is 6.68. The van der Waals surface area contributed by atoms with Crippen molar-refractivity contribution in [3.05, 3.63) is 41.5 Å². The predicted octanol–water partition coefficient (Wildman–Crippen LogP) is 2.22. The van der Waals surface area contributed by atoms with Crippen LogP contribution in [-0.4, -0.2) is 51.5 Å². The third-order valence-corrected chi connectivity index (χ3v) is 5.34. The molecule has 2 heterocycles. The first-order valence-electron chi connectivity index (χ1n) is 9.16. The van der Waals surface area contributed by atoms with Crippen LogP contribution >= 0.6 is 11.8 Å². The van der Waals surface area contributed by atoms with E-state index in [-0.39, 0.29) is 28.6 Å². The standard InChI is InChI=1S/C19H20FN5O4S/c1-11-14(17(27)25(2)18(28)22-11)7-8-16-23-24-19(29-16)30-10-15(26)21-9-12-3-5-13(20)6-4-12/h3-6,14H,7-10H2,1-2H3,(H,21,26). The molecule has 0 fully saturated rings. The molecule has 0 spiro atoms. The summed E-state index contributed by atoms with van der Waals surface area (Å²) in [6.45, 7) is 1.94. The molecule has 30 heavy (non-hydrogen) atoms. The van der Waals surface area contributed by atoms with Gasteiger partial charge in [-0.1, -0.05) is 23.9 Å². The number of aliphatic imine (C=N–C) groups is 1. The van der Waals surface area contributed by atoms with Crippen molar-refractivity contribution in [3.8, 4) is 0 Å². The lowest BCUT2D eigenvalue weighted by molar-refractivity contribution is -0.129. The number of aromatic nitrogens is 2. The second kappa shape index (κ2) is 9.61. The van der Waals surface area contributed by atoms with Gasteiger partial charge in [0.2, 0.25) is 17.7 Å². The first-order chi connectivity index (χ1) is 14.3. The average Bonchev–Trinajstić information content (AvgIpc) is 3.18. The van der Waals surface area contributed by atoms with Crippen molar-refractivity contribution in [2.45, 2.75) is 31.5 Å². The van der Waals surface area contributed by atoms with E-state index in [1.54, 1.807) is 19.1 Å². The van der Waals surface area contributed by atoms with Gasteiger partial charge in [0.25, 0.3) is 5.22 Å². The number of benzene rings is 1. The first-order valence-corrected chi connectivity index (χ1v) is 10.1. The van der Waals surface area contributed by atoms with E-state index in [4.69, 9.17) is 4.42 Å². The van der Waals surface area contributed by atoms with Crippen LogP contribution in [0.1, 0.15) is 24.8 Å². The summed E-state index contributed by atoms with van der Waals surface area (Å²) in [5.41, 5.74) is 1.26. The fraction of sp³-hybridized carbons (Fsp3) is 0.368. The number of urea groups is 1. The Bertz CT molecular complexity index is 976. The highest BCUT2D eigenvalue weighted by molar-refractivity contribution is 7.99. The Morgan fingerprint density at radius 3 is 2.73 bits per heavy atom. The number of nitrogens with one attached hydrogen (secondary N) is 1. The van der Waals surface area contributed by atoms with Gasteiger partial charge >= 0.3 is 6.03 Å². The highest BCUT2D eigenvalue weighted by Crippen LogP contribution is 2.21. The first kappa shape index (κ1) is 21.6. The summed E-state index contributed by atoms with van der Waals surface area (Å²) >= 11 is 1.09. The number of hydrogen-bond acceptors (Lipinski definition) is 7. The Morgan fingerprint density at radius 1 is 1.27 bits per heavy atom. The third-order valence-electron chi connectivity index (χ3n) is 4.52. The van der Waals surface area contributed by atoms with Gasteiger partial charge in [-0.15, -0.1) is 10.2 Å². The zero-order valence-corrected chi connectivity index (χ0v) is 17.2. The number of carbonyl (C=O) groups excluding carboxylic acids is 3.